The lowest BCUT2D eigenvalue weighted by atomic mass is 10.0. The molecule has 41 heavy (non-hydrogen) atoms. The molecular weight excluding hydrogens is 518 g/mol. The predicted molar refractivity (Wildman–Crippen MR) is 168 cm³/mol. The van der Waals surface area contributed by atoms with Crippen molar-refractivity contribution in [1.82, 2.24) is 0 Å². The van der Waals surface area contributed by atoms with Crippen molar-refractivity contribution >= 4 is 17.9 Å². The predicted octanol–water partition coefficient (Wildman–Crippen LogP) is 9.00. The van der Waals surface area contributed by atoms with Gasteiger partial charge in [-0.3, -0.25) is 14.4 Å². The van der Waals surface area contributed by atoms with Crippen molar-refractivity contribution in [2.45, 2.75) is 161 Å². The molecule has 0 heterocycles. The van der Waals surface area contributed by atoms with Gasteiger partial charge in [0.2, 0.25) is 0 Å². The molecule has 0 radical (unpaired) electrons. The Morgan fingerprint density at radius 1 is 0.463 bits per heavy atom. The van der Waals surface area contributed by atoms with Crippen LogP contribution in [0.15, 0.2) is 12.2 Å². The van der Waals surface area contributed by atoms with Crippen LogP contribution in [0, 0.1) is 0 Å². The molecule has 3 N–H and O–H groups in total. The van der Waals surface area contributed by atoms with Gasteiger partial charge in [0.05, 0.1) is 45.4 Å². The summed E-state index contributed by atoms with van der Waals surface area (Å²) in [4.78, 5) is 33.2. The van der Waals surface area contributed by atoms with Crippen LogP contribution in [-0.4, -0.2) is 63.9 Å². The van der Waals surface area contributed by atoms with E-state index in [-0.39, 0.29) is 19.3 Å². The van der Waals surface area contributed by atoms with Crippen LogP contribution in [0.25, 0.3) is 0 Å². The summed E-state index contributed by atoms with van der Waals surface area (Å²) in [6.07, 6.45) is 30.2. The molecule has 0 saturated carbocycles. The highest BCUT2D eigenvalue weighted by molar-refractivity contribution is 5.67. The van der Waals surface area contributed by atoms with Crippen LogP contribution in [0.1, 0.15) is 161 Å². The summed E-state index contributed by atoms with van der Waals surface area (Å²) in [6.45, 7) is 4.83. The maximum atomic E-state index is 11.1. The van der Waals surface area contributed by atoms with E-state index in [1.165, 1.54) is 103 Å². The van der Waals surface area contributed by atoms with Crippen LogP contribution in [-0.2, 0) is 14.4 Å². The normalized spacial score (nSPS) is 11.8. The second-order valence-corrected chi connectivity index (χ2v) is 12.1. The molecule has 240 valence electrons. The van der Waals surface area contributed by atoms with Crippen LogP contribution in [0.2, 0.25) is 0 Å². The standard InChI is InChI=1S/C34H63NO6/c1-2-3-4-5-6-7-8-9-10-11-12-13-14-15-16-17-18-19-20-21-28-35(29-22-25-32(36)37,30-23-26-33(38)39)31-24-27-34(40)41/h20-21H,2-19,22-31H2,1H3,(H2-,36,37,38,39,40,41)/p+1/b21-20+. The molecule has 0 aromatic carbocycles. The zero-order valence-corrected chi connectivity index (χ0v) is 26.5. The Morgan fingerprint density at radius 3 is 1.10 bits per heavy atom. The van der Waals surface area contributed by atoms with Gasteiger partial charge in [0.25, 0.3) is 0 Å². The van der Waals surface area contributed by atoms with Crippen LogP contribution in [0.3, 0.4) is 0 Å². The van der Waals surface area contributed by atoms with Gasteiger partial charge in [-0.25, -0.2) is 0 Å². The average Bonchev–Trinajstić information content (AvgIpc) is 2.91. The lowest BCUT2D eigenvalue weighted by molar-refractivity contribution is -0.923. The molecule has 0 atom stereocenters. The number of allylic oxidation sites excluding steroid dienone is 1. The molecule has 0 amide bonds. The first-order valence-electron chi connectivity index (χ1n) is 17.0. The quantitative estimate of drug-likeness (QED) is 0.0414. The van der Waals surface area contributed by atoms with Gasteiger partial charge < -0.3 is 19.8 Å². The Balaban J connectivity index is 4.14. The molecule has 0 aromatic rings. The van der Waals surface area contributed by atoms with Crippen LogP contribution in [0.5, 0.6) is 0 Å². The third kappa shape index (κ3) is 28.0. The molecule has 0 aliphatic heterocycles. The van der Waals surface area contributed by atoms with E-state index in [0.29, 0.717) is 49.9 Å². The zero-order valence-electron chi connectivity index (χ0n) is 26.5. The Morgan fingerprint density at radius 2 is 0.780 bits per heavy atom. The van der Waals surface area contributed by atoms with E-state index in [4.69, 9.17) is 15.3 Å². The number of unbranched alkanes of at least 4 members (excludes halogenated alkanes) is 17. The fourth-order valence-electron chi connectivity index (χ4n) is 5.71. The minimum absolute atomic E-state index is 0.0703. The van der Waals surface area contributed by atoms with Crippen LogP contribution < -0.4 is 0 Å². The highest BCUT2D eigenvalue weighted by atomic mass is 16.4. The van der Waals surface area contributed by atoms with Gasteiger partial charge in [-0.1, -0.05) is 116 Å². The topological polar surface area (TPSA) is 112 Å². The number of aliphatic carboxylic acids is 3. The molecule has 0 rings (SSSR count). The Bertz CT molecular complexity index is 628. The molecule has 0 aromatic heterocycles. The van der Waals surface area contributed by atoms with Gasteiger partial charge in [-0.05, 0) is 18.9 Å². The number of hydrogen-bond acceptors (Lipinski definition) is 3. The van der Waals surface area contributed by atoms with Gasteiger partial charge in [0.1, 0.15) is 0 Å². The van der Waals surface area contributed by atoms with E-state index in [0.717, 1.165) is 12.8 Å². The summed E-state index contributed by atoms with van der Waals surface area (Å²) < 4.78 is 0.559. The third-order valence-corrected chi connectivity index (χ3v) is 8.20. The third-order valence-electron chi connectivity index (χ3n) is 8.20. The lowest BCUT2D eigenvalue weighted by Crippen LogP contribution is -2.50. The summed E-state index contributed by atoms with van der Waals surface area (Å²) >= 11 is 0. The van der Waals surface area contributed by atoms with Crippen molar-refractivity contribution < 1.29 is 34.2 Å². The number of carbonyl (C=O) groups is 3. The summed E-state index contributed by atoms with van der Waals surface area (Å²) in [5, 5.41) is 27.2. The summed E-state index contributed by atoms with van der Waals surface area (Å²) in [5.74, 6) is -2.52. The molecule has 0 unspecified atom stereocenters. The molecule has 0 bridgehead atoms. The van der Waals surface area contributed by atoms with Crippen LogP contribution >= 0.6 is 0 Å². The Labute approximate surface area is 251 Å². The maximum Gasteiger partial charge on any atom is 0.303 e. The van der Waals surface area contributed by atoms with Crippen molar-refractivity contribution in [3.8, 4) is 0 Å². The number of carboxylic acids is 3. The van der Waals surface area contributed by atoms with Crippen LogP contribution in [0.4, 0.5) is 0 Å². The Hall–Kier alpha value is -1.89. The zero-order chi connectivity index (χ0) is 30.4. The minimum atomic E-state index is -0.839. The fourth-order valence-corrected chi connectivity index (χ4v) is 5.71. The number of quaternary nitrogens is 1. The largest absolute Gasteiger partial charge is 0.481 e. The molecule has 7 heteroatoms. The number of rotatable bonds is 32. The van der Waals surface area contributed by atoms with Crippen molar-refractivity contribution in [3.05, 3.63) is 12.2 Å². The van der Waals surface area contributed by atoms with E-state index in [9.17, 15) is 14.4 Å². The SMILES string of the molecule is CCCCCCCCCCCCCCCCCCC/C=C/C[N+](CCCC(=O)O)(CCCC(=O)O)CCCC(=O)O. The molecule has 0 fully saturated rings. The molecular formula is C34H64NO6+. The van der Waals surface area contributed by atoms with E-state index in [2.05, 4.69) is 19.1 Å². The minimum Gasteiger partial charge on any atom is -0.481 e. The fraction of sp³-hybridized carbons (Fsp3) is 0.853. The number of hydrogen-bond donors (Lipinski definition) is 3. The first kappa shape index (κ1) is 39.1. The van der Waals surface area contributed by atoms with Gasteiger partial charge in [0, 0.05) is 19.3 Å². The summed E-state index contributed by atoms with van der Waals surface area (Å²) in [6, 6.07) is 0. The van der Waals surface area contributed by atoms with E-state index >= 15 is 0 Å². The van der Waals surface area contributed by atoms with E-state index in [1.807, 2.05) is 0 Å². The second kappa shape index (κ2) is 28.2. The molecule has 0 aliphatic carbocycles. The first-order chi connectivity index (χ1) is 19.8. The molecule has 0 aliphatic rings. The monoisotopic (exact) mass is 582 g/mol. The molecule has 0 spiro atoms. The first-order valence-corrected chi connectivity index (χ1v) is 17.0. The Kier molecular flexibility index (Phi) is 26.9. The van der Waals surface area contributed by atoms with Crippen molar-refractivity contribution in [2.75, 3.05) is 26.2 Å². The molecule has 7 nitrogen and oxygen atoms in total. The van der Waals surface area contributed by atoms with Gasteiger partial charge in [-0.15, -0.1) is 0 Å². The molecule has 0 saturated heterocycles. The summed E-state index contributed by atoms with van der Waals surface area (Å²) in [7, 11) is 0. The van der Waals surface area contributed by atoms with Crippen molar-refractivity contribution in [3.63, 3.8) is 0 Å². The smallest absolute Gasteiger partial charge is 0.303 e. The lowest BCUT2D eigenvalue weighted by Gasteiger charge is -2.38. The highest BCUT2D eigenvalue weighted by Crippen LogP contribution is 2.17. The van der Waals surface area contributed by atoms with Gasteiger partial charge in [0.15, 0.2) is 0 Å². The number of carboxylic acid groups (broad SMARTS) is 3. The number of nitrogens with zero attached hydrogens (tertiary/aromatic N) is 1. The van der Waals surface area contributed by atoms with E-state index < -0.39 is 17.9 Å². The summed E-state index contributed by atoms with van der Waals surface area (Å²) in [5.41, 5.74) is 0. The van der Waals surface area contributed by atoms with Crippen molar-refractivity contribution in [2.24, 2.45) is 0 Å². The maximum absolute atomic E-state index is 11.1. The van der Waals surface area contributed by atoms with Gasteiger partial charge in [-0.2, -0.15) is 0 Å². The van der Waals surface area contributed by atoms with Gasteiger partial charge >= 0.3 is 17.9 Å². The van der Waals surface area contributed by atoms with Crippen molar-refractivity contribution in [1.29, 1.82) is 0 Å². The van der Waals surface area contributed by atoms with E-state index in [1.54, 1.807) is 0 Å². The highest BCUT2D eigenvalue weighted by Gasteiger charge is 2.26. The second-order valence-electron chi connectivity index (χ2n) is 12.1. The average molecular weight is 583 g/mol.